The van der Waals surface area contributed by atoms with E-state index in [2.05, 4.69) is 10.5 Å². The number of carbonyl (C=O) groups excluding carboxylic acids is 1. The highest BCUT2D eigenvalue weighted by atomic mass is 32.1. The van der Waals surface area contributed by atoms with E-state index in [1.165, 1.54) is 0 Å². The fraction of sp³-hybridized carbons (Fsp3) is 0.722. The quantitative estimate of drug-likeness (QED) is 0.720. The number of nitrogens with one attached hydrogen (secondary N) is 1. The molecule has 1 aliphatic rings. The van der Waals surface area contributed by atoms with Crippen LogP contribution in [0, 0.1) is 0 Å². The van der Waals surface area contributed by atoms with Crippen LogP contribution in [-0.2, 0) is 24.4 Å². The molecule has 146 valence electrons. The molecule has 8 heteroatoms. The molecule has 0 aliphatic carbocycles. The molecule has 2 heterocycles. The zero-order chi connectivity index (χ0) is 19.4. The van der Waals surface area contributed by atoms with Crippen LogP contribution in [0.3, 0.4) is 0 Å². The van der Waals surface area contributed by atoms with Gasteiger partial charge in [0.1, 0.15) is 0 Å². The van der Waals surface area contributed by atoms with Crippen molar-refractivity contribution in [1.82, 2.24) is 5.16 Å². The summed E-state index contributed by atoms with van der Waals surface area (Å²) < 4.78 is 22.1. The van der Waals surface area contributed by atoms with Crippen molar-refractivity contribution in [3.8, 4) is 0 Å². The summed E-state index contributed by atoms with van der Waals surface area (Å²) in [7, 11) is 0. The van der Waals surface area contributed by atoms with E-state index in [-0.39, 0.29) is 23.5 Å². The van der Waals surface area contributed by atoms with Gasteiger partial charge in [-0.2, -0.15) is 0 Å². The Kier molecular flexibility index (Phi) is 6.76. The van der Waals surface area contributed by atoms with E-state index in [0.717, 1.165) is 25.9 Å². The van der Waals surface area contributed by atoms with Crippen molar-refractivity contribution in [1.29, 1.82) is 0 Å². The third-order valence-electron chi connectivity index (χ3n) is 4.15. The van der Waals surface area contributed by atoms with Crippen LogP contribution >= 0.6 is 12.2 Å². The van der Waals surface area contributed by atoms with Crippen LogP contribution < -0.4 is 5.32 Å². The van der Waals surface area contributed by atoms with E-state index >= 15 is 0 Å². The second kappa shape index (κ2) is 8.45. The maximum atomic E-state index is 12.3. The minimum absolute atomic E-state index is 0.162. The highest BCUT2D eigenvalue weighted by molar-refractivity contribution is 7.80. The minimum atomic E-state index is -1.10. The Labute approximate surface area is 159 Å². The van der Waals surface area contributed by atoms with Crippen LogP contribution in [0.4, 0.5) is 5.88 Å². The Balaban J connectivity index is 1.94. The first kappa shape index (κ1) is 20.8. The molecule has 0 bridgehead atoms. The second-order valence-corrected chi connectivity index (χ2v) is 8.20. The van der Waals surface area contributed by atoms with Crippen molar-refractivity contribution in [2.45, 2.75) is 71.2 Å². The zero-order valence-corrected chi connectivity index (χ0v) is 16.9. The average Bonchev–Trinajstić information content (AvgIpc) is 3.02. The Morgan fingerprint density at radius 1 is 1.38 bits per heavy atom. The SMILES string of the molecule is CC(=S)OC(C)(C)C(=O)Nc1cc(C(C)(C)COC2CCCCO2)no1. The van der Waals surface area contributed by atoms with E-state index in [1.54, 1.807) is 26.8 Å². The number of aromatic nitrogens is 1. The molecule has 0 radical (unpaired) electrons. The van der Waals surface area contributed by atoms with Gasteiger partial charge in [-0.25, -0.2) is 0 Å². The fourth-order valence-electron chi connectivity index (χ4n) is 2.54. The first-order chi connectivity index (χ1) is 12.1. The van der Waals surface area contributed by atoms with Crippen LogP contribution in [0.2, 0.25) is 0 Å². The van der Waals surface area contributed by atoms with Gasteiger partial charge in [0.05, 0.1) is 12.3 Å². The molecular weight excluding hydrogens is 356 g/mol. The third-order valence-corrected chi connectivity index (χ3v) is 4.24. The smallest absolute Gasteiger partial charge is 0.270 e. The zero-order valence-electron chi connectivity index (χ0n) is 16.1. The van der Waals surface area contributed by atoms with Gasteiger partial charge in [-0.3, -0.25) is 10.1 Å². The van der Waals surface area contributed by atoms with Crippen LogP contribution in [0.5, 0.6) is 0 Å². The van der Waals surface area contributed by atoms with E-state index in [9.17, 15) is 4.79 Å². The number of nitrogens with zero attached hydrogens (tertiary/aromatic N) is 1. The first-order valence-corrected chi connectivity index (χ1v) is 9.22. The summed E-state index contributed by atoms with van der Waals surface area (Å²) in [6.07, 6.45) is 2.94. The molecule has 26 heavy (non-hydrogen) atoms. The van der Waals surface area contributed by atoms with E-state index < -0.39 is 5.60 Å². The van der Waals surface area contributed by atoms with Crippen molar-refractivity contribution >= 4 is 29.1 Å². The molecule has 1 N–H and O–H groups in total. The Morgan fingerprint density at radius 2 is 2.12 bits per heavy atom. The van der Waals surface area contributed by atoms with Crippen LogP contribution in [-0.4, -0.2) is 41.2 Å². The lowest BCUT2D eigenvalue weighted by atomic mass is 9.90. The summed E-state index contributed by atoms with van der Waals surface area (Å²) in [5, 5.41) is 7.04. The Hall–Kier alpha value is -1.51. The van der Waals surface area contributed by atoms with Gasteiger partial charge in [0.2, 0.25) is 5.88 Å². The minimum Gasteiger partial charge on any atom is -0.472 e. The third kappa shape index (κ3) is 5.75. The molecule has 0 saturated carbocycles. The number of hydrogen-bond donors (Lipinski definition) is 1. The second-order valence-electron chi connectivity index (χ2n) is 7.63. The lowest BCUT2D eigenvalue weighted by molar-refractivity contribution is -0.170. The number of thiocarbonyl (C=S) groups is 1. The summed E-state index contributed by atoms with van der Waals surface area (Å²) >= 11 is 4.90. The highest BCUT2D eigenvalue weighted by Crippen LogP contribution is 2.27. The first-order valence-electron chi connectivity index (χ1n) is 8.81. The molecule has 1 atom stereocenters. The molecule has 0 spiro atoms. The Bertz CT molecular complexity index is 635. The molecule has 1 fully saturated rings. The molecule has 1 unspecified atom stereocenters. The normalized spacial score (nSPS) is 18.4. The van der Waals surface area contributed by atoms with Gasteiger partial charge < -0.3 is 18.7 Å². The molecule has 0 aromatic carbocycles. The number of carbonyl (C=O) groups is 1. The van der Waals surface area contributed by atoms with Crippen molar-refractivity contribution in [2.24, 2.45) is 0 Å². The van der Waals surface area contributed by atoms with E-state index in [1.807, 2.05) is 13.8 Å². The van der Waals surface area contributed by atoms with E-state index in [4.69, 9.17) is 31.0 Å². The van der Waals surface area contributed by atoms with Gasteiger partial charge in [0, 0.05) is 25.0 Å². The van der Waals surface area contributed by atoms with Crippen LogP contribution in [0.25, 0.3) is 0 Å². The lowest BCUT2D eigenvalue weighted by Gasteiger charge is -2.28. The molecule has 1 aromatic rings. The number of ether oxygens (including phenoxy) is 3. The summed E-state index contributed by atoms with van der Waals surface area (Å²) in [5.41, 5.74) is -0.798. The maximum absolute atomic E-state index is 12.3. The molecule has 2 rings (SSSR count). The topological polar surface area (TPSA) is 82.8 Å². The lowest BCUT2D eigenvalue weighted by Crippen LogP contribution is -2.40. The standard InChI is InChI=1S/C18H28N2O5S/c1-12(26)24-18(4,5)16(21)19-14-10-13(20-25-14)17(2,3)11-23-15-8-6-7-9-22-15/h10,15H,6-9,11H2,1-5H3,(H,19,21). The van der Waals surface area contributed by atoms with Gasteiger partial charge in [0.15, 0.2) is 16.9 Å². The van der Waals surface area contributed by atoms with Crippen molar-refractivity contribution < 1.29 is 23.5 Å². The van der Waals surface area contributed by atoms with E-state index in [0.29, 0.717) is 17.4 Å². The van der Waals surface area contributed by atoms with Crippen LogP contribution in [0.1, 0.15) is 59.6 Å². The van der Waals surface area contributed by atoms with Gasteiger partial charge in [0.25, 0.3) is 5.91 Å². The van der Waals surface area contributed by atoms with Crippen molar-refractivity contribution in [3.63, 3.8) is 0 Å². The summed E-state index contributed by atoms with van der Waals surface area (Å²) in [6, 6.07) is 1.70. The predicted octanol–water partition coefficient (Wildman–Crippen LogP) is 3.58. The predicted molar refractivity (Wildman–Crippen MR) is 101 cm³/mol. The summed E-state index contributed by atoms with van der Waals surface area (Å²) in [6.45, 7) is 10.1. The average molecular weight is 384 g/mol. The highest BCUT2D eigenvalue weighted by Gasteiger charge is 2.32. The maximum Gasteiger partial charge on any atom is 0.270 e. The number of hydrogen-bond acceptors (Lipinski definition) is 7. The summed E-state index contributed by atoms with van der Waals surface area (Å²) in [5.74, 6) is -0.111. The summed E-state index contributed by atoms with van der Waals surface area (Å²) in [4.78, 5) is 12.3. The van der Waals surface area contributed by atoms with Crippen molar-refractivity contribution in [3.05, 3.63) is 11.8 Å². The van der Waals surface area contributed by atoms with Crippen molar-refractivity contribution in [2.75, 3.05) is 18.5 Å². The van der Waals surface area contributed by atoms with Crippen LogP contribution in [0.15, 0.2) is 10.6 Å². The monoisotopic (exact) mass is 384 g/mol. The molecule has 1 amide bonds. The molecule has 1 aliphatic heterocycles. The number of anilines is 1. The largest absolute Gasteiger partial charge is 0.472 e. The van der Waals surface area contributed by atoms with Gasteiger partial charge in [-0.1, -0.05) is 19.0 Å². The number of rotatable bonds is 7. The molecule has 7 nitrogen and oxygen atoms in total. The van der Waals surface area contributed by atoms with Gasteiger partial charge >= 0.3 is 0 Å². The number of amides is 1. The van der Waals surface area contributed by atoms with Gasteiger partial charge in [-0.15, -0.1) is 0 Å². The molecule has 1 saturated heterocycles. The van der Waals surface area contributed by atoms with Gasteiger partial charge in [-0.05, 0) is 45.3 Å². The molecular formula is C18H28N2O5S. The molecule has 1 aromatic heterocycles. The fourth-order valence-corrected chi connectivity index (χ4v) is 2.75. The Morgan fingerprint density at radius 3 is 2.73 bits per heavy atom.